The summed E-state index contributed by atoms with van der Waals surface area (Å²) >= 11 is 0. The third-order valence-electron chi connectivity index (χ3n) is 3.42. The number of carboxylic acids is 1. The average molecular weight is 340 g/mol. The molecule has 0 saturated heterocycles. The van der Waals surface area contributed by atoms with Crippen molar-refractivity contribution in [3.8, 4) is 0 Å². The molecule has 130 valence electrons. The molecule has 0 radical (unpaired) electrons. The largest absolute Gasteiger partial charge is 0.478 e. The first kappa shape index (κ1) is 18.1. The van der Waals surface area contributed by atoms with E-state index in [0.717, 1.165) is 5.56 Å². The molecule has 0 aliphatic carbocycles. The highest BCUT2D eigenvalue weighted by Crippen LogP contribution is 2.16. The Morgan fingerprint density at radius 1 is 1.16 bits per heavy atom. The zero-order valence-electron chi connectivity index (χ0n) is 13.6. The predicted octanol–water partition coefficient (Wildman–Crippen LogP) is 3.30. The maximum atomic E-state index is 11.6. The lowest BCUT2D eigenvalue weighted by molar-refractivity contribution is 0.0696. The highest BCUT2D eigenvalue weighted by Gasteiger charge is 2.04. The van der Waals surface area contributed by atoms with Crippen molar-refractivity contribution in [2.45, 2.75) is 13.0 Å². The third kappa shape index (κ3) is 6.02. The van der Waals surface area contributed by atoms with Gasteiger partial charge in [-0.2, -0.15) is 0 Å². The van der Waals surface area contributed by atoms with Gasteiger partial charge >= 0.3 is 12.1 Å². The van der Waals surface area contributed by atoms with Gasteiger partial charge < -0.3 is 20.9 Å². The lowest BCUT2D eigenvalue weighted by atomic mass is 10.1. The number of nitrogens with two attached hydrogens (primary N) is 1. The van der Waals surface area contributed by atoms with Crippen molar-refractivity contribution in [1.29, 1.82) is 0 Å². The molecular formula is C19H20N2O4. The van der Waals surface area contributed by atoms with Gasteiger partial charge in [0.2, 0.25) is 0 Å². The molecule has 1 amide bonds. The normalized spacial score (nSPS) is 10.6. The van der Waals surface area contributed by atoms with Gasteiger partial charge in [0, 0.05) is 12.2 Å². The number of carbonyl (C=O) groups excluding carboxylic acids is 1. The molecule has 4 N–H and O–H groups in total. The molecule has 0 aromatic heterocycles. The number of alkyl carbamates (subject to hydrolysis) is 1. The summed E-state index contributed by atoms with van der Waals surface area (Å²) in [6, 6.07) is 13.9. The molecule has 0 aliphatic rings. The monoisotopic (exact) mass is 340 g/mol. The second-order valence-corrected chi connectivity index (χ2v) is 5.33. The van der Waals surface area contributed by atoms with Crippen LogP contribution in [0.2, 0.25) is 0 Å². The molecule has 0 spiro atoms. The van der Waals surface area contributed by atoms with Gasteiger partial charge in [0.25, 0.3) is 0 Å². The van der Waals surface area contributed by atoms with Gasteiger partial charge in [-0.3, -0.25) is 0 Å². The number of nitrogen functional groups attached to an aromatic ring is 1. The SMILES string of the molecule is Nc1ccc(C(=O)O)cc1C=CCCNC(=O)OCc1ccccc1. The maximum absolute atomic E-state index is 11.6. The number of hydrogen-bond acceptors (Lipinski definition) is 4. The van der Waals surface area contributed by atoms with Crippen LogP contribution in [0.15, 0.2) is 54.6 Å². The predicted molar refractivity (Wildman–Crippen MR) is 96.1 cm³/mol. The van der Waals surface area contributed by atoms with E-state index in [0.29, 0.717) is 24.2 Å². The van der Waals surface area contributed by atoms with Crippen LogP contribution in [0.3, 0.4) is 0 Å². The summed E-state index contributed by atoms with van der Waals surface area (Å²) in [6.45, 7) is 0.629. The number of benzene rings is 2. The molecule has 0 bridgehead atoms. The van der Waals surface area contributed by atoms with Crippen LogP contribution in [0, 0.1) is 0 Å². The first-order valence-corrected chi connectivity index (χ1v) is 7.80. The number of rotatable bonds is 7. The first-order chi connectivity index (χ1) is 12.1. The number of aromatic carboxylic acids is 1. The molecule has 0 aliphatic heterocycles. The third-order valence-corrected chi connectivity index (χ3v) is 3.42. The number of anilines is 1. The first-order valence-electron chi connectivity index (χ1n) is 7.80. The van der Waals surface area contributed by atoms with Crippen molar-refractivity contribution >= 4 is 23.8 Å². The fraction of sp³-hybridized carbons (Fsp3) is 0.158. The molecule has 2 aromatic rings. The van der Waals surface area contributed by atoms with E-state index in [1.54, 1.807) is 12.1 Å². The van der Waals surface area contributed by atoms with Crippen LogP contribution in [-0.4, -0.2) is 23.7 Å². The summed E-state index contributed by atoms with van der Waals surface area (Å²) in [6.07, 6.45) is 3.63. The standard InChI is InChI=1S/C19H20N2O4/c20-17-10-9-16(18(22)23)12-15(17)8-4-5-11-21-19(24)25-13-14-6-2-1-3-7-14/h1-4,6-10,12H,5,11,13,20H2,(H,21,24)(H,22,23). The fourth-order valence-corrected chi connectivity index (χ4v) is 2.09. The molecule has 0 fully saturated rings. The lowest BCUT2D eigenvalue weighted by Gasteiger charge is -2.06. The summed E-state index contributed by atoms with van der Waals surface area (Å²) in [5, 5.41) is 11.6. The molecule has 0 unspecified atom stereocenters. The number of ether oxygens (including phenoxy) is 1. The minimum absolute atomic E-state index is 0.177. The van der Waals surface area contributed by atoms with Crippen LogP contribution in [0.25, 0.3) is 6.08 Å². The molecular weight excluding hydrogens is 320 g/mol. The van der Waals surface area contributed by atoms with Gasteiger partial charge in [-0.25, -0.2) is 9.59 Å². The van der Waals surface area contributed by atoms with Crippen molar-refractivity contribution in [2.75, 3.05) is 12.3 Å². The molecule has 25 heavy (non-hydrogen) atoms. The number of hydrogen-bond donors (Lipinski definition) is 3. The topological polar surface area (TPSA) is 102 Å². The average Bonchev–Trinajstić information content (AvgIpc) is 2.61. The van der Waals surface area contributed by atoms with E-state index in [-0.39, 0.29) is 12.2 Å². The van der Waals surface area contributed by atoms with Crippen molar-refractivity contribution in [2.24, 2.45) is 0 Å². The number of nitrogens with one attached hydrogen (secondary N) is 1. The van der Waals surface area contributed by atoms with E-state index in [9.17, 15) is 9.59 Å². The van der Waals surface area contributed by atoms with E-state index in [1.807, 2.05) is 36.4 Å². The molecule has 0 atom stereocenters. The Labute approximate surface area is 145 Å². The highest BCUT2D eigenvalue weighted by atomic mass is 16.5. The smallest absolute Gasteiger partial charge is 0.407 e. The van der Waals surface area contributed by atoms with Crippen LogP contribution in [-0.2, 0) is 11.3 Å². The van der Waals surface area contributed by atoms with Crippen molar-refractivity contribution in [3.63, 3.8) is 0 Å². The van der Waals surface area contributed by atoms with Gasteiger partial charge in [0.1, 0.15) is 6.61 Å². The van der Waals surface area contributed by atoms with Crippen molar-refractivity contribution < 1.29 is 19.4 Å². The Balaban J connectivity index is 1.73. The Bertz CT molecular complexity index is 757. The summed E-state index contributed by atoms with van der Waals surface area (Å²) in [7, 11) is 0. The Morgan fingerprint density at radius 2 is 1.92 bits per heavy atom. The van der Waals surface area contributed by atoms with Gasteiger partial charge in [-0.15, -0.1) is 0 Å². The van der Waals surface area contributed by atoms with E-state index >= 15 is 0 Å². The molecule has 0 heterocycles. The van der Waals surface area contributed by atoms with Crippen LogP contribution in [0.1, 0.15) is 27.9 Å². The minimum Gasteiger partial charge on any atom is -0.478 e. The summed E-state index contributed by atoms with van der Waals surface area (Å²) in [5.74, 6) is -1.00. The summed E-state index contributed by atoms with van der Waals surface area (Å²) in [5.41, 5.74) is 8.04. The number of carboxylic acid groups (broad SMARTS) is 1. The maximum Gasteiger partial charge on any atom is 0.407 e. The van der Waals surface area contributed by atoms with Gasteiger partial charge in [-0.05, 0) is 35.7 Å². The fourth-order valence-electron chi connectivity index (χ4n) is 2.09. The Hall–Kier alpha value is -3.28. The van der Waals surface area contributed by atoms with Crippen LogP contribution in [0.5, 0.6) is 0 Å². The number of amides is 1. The zero-order valence-corrected chi connectivity index (χ0v) is 13.6. The van der Waals surface area contributed by atoms with Crippen LogP contribution >= 0.6 is 0 Å². The second-order valence-electron chi connectivity index (χ2n) is 5.33. The molecule has 2 rings (SSSR count). The van der Waals surface area contributed by atoms with E-state index in [2.05, 4.69) is 5.32 Å². The van der Waals surface area contributed by atoms with Crippen LogP contribution in [0.4, 0.5) is 10.5 Å². The van der Waals surface area contributed by atoms with Crippen molar-refractivity contribution in [3.05, 3.63) is 71.3 Å². The van der Waals surface area contributed by atoms with Crippen LogP contribution < -0.4 is 11.1 Å². The van der Waals surface area contributed by atoms with E-state index < -0.39 is 12.1 Å². The minimum atomic E-state index is -1.00. The van der Waals surface area contributed by atoms with E-state index in [1.165, 1.54) is 12.1 Å². The molecule has 6 heteroatoms. The molecule has 0 saturated carbocycles. The molecule has 6 nitrogen and oxygen atoms in total. The van der Waals surface area contributed by atoms with Gasteiger partial charge in [-0.1, -0.05) is 42.5 Å². The van der Waals surface area contributed by atoms with E-state index in [4.69, 9.17) is 15.6 Å². The summed E-state index contributed by atoms with van der Waals surface area (Å²) < 4.78 is 5.09. The zero-order chi connectivity index (χ0) is 18.1. The summed E-state index contributed by atoms with van der Waals surface area (Å²) in [4.78, 5) is 22.5. The van der Waals surface area contributed by atoms with Crippen molar-refractivity contribution in [1.82, 2.24) is 5.32 Å². The Morgan fingerprint density at radius 3 is 2.64 bits per heavy atom. The lowest BCUT2D eigenvalue weighted by Crippen LogP contribution is -2.24. The van der Waals surface area contributed by atoms with Gasteiger partial charge in [0.15, 0.2) is 0 Å². The molecule has 2 aromatic carbocycles. The quantitative estimate of drug-likeness (QED) is 0.530. The van der Waals surface area contributed by atoms with Gasteiger partial charge in [0.05, 0.1) is 5.56 Å². The Kier molecular flexibility index (Phi) is 6.59. The highest BCUT2D eigenvalue weighted by molar-refractivity contribution is 5.89. The number of carbonyl (C=O) groups is 2. The second kappa shape index (κ2) is 9.12.